The fourth-order valence-electron chi connectivity index (χ4n) is 2.59. The summed E-state index contributed by atoms with van der Waals surface area (Å²) in [7, 11) is 0. The summed E-state index contributed by atoms with van der Waals surface area (Å²) in [6.45, 7) is 0.688. The molecule has 2 aromatic heterocycles. The number of aromatic amines is 1. The lowest BCUT2D eigenvalue weighted by Gasteiger charge is -2.11. The average Bonchev–Trinajstić information content (AvgIpc) is 3.03. The number of benzene rings is 1. The predicted octanol–water partition coefficient (Wildman–Crippen LogP) is 3.86. The topological polar surface area (TPSA) is 90.9 Å². The zero-order valence-electron chi connectivity index (χ0n) is 13.7. The molecule has 0 saturated heterocycles. The minimum absolute atomic E-state index is 0.00584. The number of hydrogen-bond acceptors (Lipinski definition) is 4. The normalized spacial score (nSPS) is 11.7. The monoisotopic (exact) mass is 364 g/mol. The molecule has 1 aromatic carbocycles. The molecule has 0 aliphatic carbocycles. The number of aromatic nitrogens is 3. The summed E-state index contributed by atoms with van der Waals surface area (Å²) >= 11 is 0. The van der Waals surface area contributed by atoms with Gasteiger partial charge in [-0.1, -0.05) is 19.1 Å². The van der Waals surface area contributed by atoms with E-state index in [0.29, 0.717) is 34.5 Å². The van der Waals surface area contributed by atoms with E-state index in [4.69, 9.17) is 0 Å². The van der Waals surface area contributed by atoms with Crippen molar-refractivity contribution < 1.29 is 23.1 Å². The molecule has 3 rings (SSSR count). The van der Waals surface area contributed by atoms with Crippen molar-refractivity contribution in [3.63, 3.8) is 0 Å². The van der Waals surface area contributed by atoms with Crippen LogP contribution in [0.3, 0.4) is 0 Å². The van der Waals surface area contributed by atoms with Gasteiger partial charge in [-0.2, -0.15) is 13.2 Å². The first kappa shape index (κ1) is 17.7. The number of aromatic carboxylic acids is 1. The highest BCUT2D eigenvalue weighted by atomic mass is 19.4. The minimum atomic E-state index is -4.34. The molecule has 2 heterocycles. The van der Waals surface area contributed by atoms with Gasteiger partial charge in [0.05, 0.1) is 16.6 Å². The lowest BCUT2D eigenvalue weighted by Crippen LogP contribution is -2.21. The highest BCUT2D eigenvalue weighted by Gasteiger charge is 2.26. The number of hydrogen-bond donors (Lipinski definition) is 3. The maximum atomic E-state index is 12.4. The predicted molar refractivity (Wildman–Crippen MR) is 90.2 cm³/mol. The Morgan fingerprint density at radius 3 is 2.73 bits per heavy atom. The maximum absolute atomic E-state index is 12.4. The van der Waals surface area contributed by atoms with Crippen LogP contribution < -0.4 is 5.32 Å². The Morgan fingerprint density at radius 1 is 1.31 bits per heavy atom. The van der Waals surface area contributed by atoms with Gasteiger partial charge in [-0.25, -0.2) is 14.8 Å². The maximum Gasteiger partial charge on any atom is 0.405 e. The van der Waals surface area contributed by atoms with Crippen LogP contribution in [0.15, 0.2) is 30.5 Å². The SMILES string of the molecule is CCc1nc(-c2cccc(NCC(F)(F)F)c2)c2c(C(=O)O)c[nH]c2n1. The van der Waals surface area contributed by atoms with Crippen molar-refractivity contribution in [1.82, 2.24) is 15.0 Å². The summed E-state index contributed by atoms with van der Waals surface area (Å²) in [5.74, 6) is -0.642. The number of H-pyrrole nitrogens is 1. The smallest absolute Gasteiger partial charge is 0.405 e. The van der Waals surface area contributed by atoms with Crippen molar-refractivity contribution in [3.8, 4) is 11.3 Å². The van der Waals surface area contributed by atoms with Crippen LogP contribution in [0.25, 0.3) is 22.3 Å². The van der Waals surface area contributed by atoms with Crippen LogP contribution in [-0.2, 0) is 6.42 Å². The van der Waals surface area contributed by atoms with Gasteiger partial charge in [0.25, 0.3) is 0 Å². The van der Waals surface area contributed by atoms with Gasteiger partial charge in [-0.15, -0.1) is 0 Å². The number of fused-ring (bicyclic) bond motifs is 1. The van der Waals surface area contributed by atoms with E-state index in [1.807, 2.05) is 6.92 Å². The number of carboxylic acid groups (broad SMARTS) is 1. The quantitative estimate of drug-likeness (QED) is 0.640. The van der Waals surface area contributed by atoms with Gasteiger partial charge in [0.1, 0.15) is 18.0 Å². The van der Waals surface area contributed by atoms with E-state index in [9.17, 15) is 23.1 Å². The molecule has 0 aliphatic rings. The second-order valence-corrected chi connectivity index (χ2v) is 5.62. The molecule has 0 radical (unpaired) electrons. The van der Waals surface area contributed by atoms with Crippen molar-refractivity contribution in [2.24, 2.45) is 0 Å². The second-order valence-electron chi connectivity index (χ2n) is 5.62. The fraction of sp³-hybridized carbons (Fsp3) is 0.235. The number of halogens is 3. The Morgan fingerprint density at radius 2 is 2.08 bits per heavy atom. The molecule has 0 amide bonds. The molecule has 0 atom stereocenters. The van der Waals surface area contributed by atoms with Crippen molar-refractivity contribution in [1.29, 1.82) is 0 Å². The summed E-state index contributed by atoms with van der Waals surface area (Å²) in [5.41, 5.74) is 1.50. The molecule has 3 aromatic rings. The van der Waals surface area contributed by atoms with Crippen LogP contribution in [-0.4, -0.2) is 38.7 Å². The number of aryl methyl sites for hydroxylation is 1. The number of carboxylic acids is 1. The zero-order valence-corrected chi connectivity index (χ0v) is 13.7. The minimum Gasteiger partial charge on any atom is -0.478 e. The van der Waals surface area contributed by atoms with E-state index < -0.39 is 18.7 Å². The molecule has 136 valence electrons. The van der Waals surface area contributed by atoms with Crippen molar-refractivity contribution in [2.45, 2.75) is 19.5 Å². The first-order valence-electron chi connectivity index (χ1n) is 7.81. The Kier molecular flexibility index (Phi) is 4.54. The van der Waals surface area contributed by atoms with Crippen LogP contribution in [0.5, 0.6) is 0 Å². The molecule has 0 spiro atoms. The largest absolute Gasteiger partial charge is 0.478 e. The van der Waals surface area contributed by atoms with Crippen LogP contribution >= 0.6 is 0 Å². The van der Waals surface area contributed by atoms with Gasteiger partial charge in [0.2, 0.25) is 0 Å². The number of nitrogens with zero attached hydrogens (tertiary/aromatic N) is 2. The third-order valence-electron chi connectivity index (χ3n) is 3.75. The molecule has 26 heavy (non-hydrogen) atoms. The third kappa shape index (κ3) is 3.61. The Bertz CT molecular complexity index is 966. The van der Waals surface area contributed by atoms with Gasteiger partial charge in [-0.05, 0) is 12.1 Å². The average molecular weight is 364 g/mol. The molecule has 0 unspecified atom stereocenters. The van der Waals surface area contributed by atoms with Crippen molar-refractivity contribution >= 4 is 22.7 Å². The number of rotatable bonds is 5. The Hall–Kier alpha value is -3.10. The van der Waals surface area contributed by atoms with Gasteiger partial charge in [-0.3, -0.25) is 0 Å². The molecular weight excluding hydrogens is 349 g/mol. The summed E-state index contributed by atoms with van der Waals surface area (Å²) in [4.78, 5) is 23.0. The number of alkyl halides is 3. The highest BCUT2D eigenvalue weighted by Crippen LogP contribution is 2.30. The van der Waals surface area contributed by atoms with Gasteiger partial charge in [0.15, 0.2) is 0 Å². The number of nitrogens with one attached hydrogen (secondary N) is 2. The van der Waals surface area contributed by atoms with Gasteiger partial charge in [0, 0.05) is 23.9 Å². The summed E-state index contributed by atoms with van der Waals surface area (Å²) in [5, 5.41) is 12.0. The number of anilines is 1. The van der Waals surface area contributed by atoms with Crippen LogP contribution in [0.4, 0.5) is 18.9 Å². The Labute approximate surface area is 146 Å². The standard InChI is InChI=1S/C17H15F3N4O2/c1-2-12-23-14(13-11(16(25)26)7-21-15(13)24-12)9-4-3-5-10(6-9)22-8-17(18,19)20/h3-7,22H,2,8H2,1H3,(H,25,26)(H,21,23,24). The van der Waals surface area contributed by atoms with E-state index >= 15 is 0 Å². The van der Waals surface area contributed by atoms with Gasteiger partial charge >= 0.3 is 12.1 Å². The number of carbonyl (C=O) groups is 1. The van der Waals surface area contributed by atoms with Crippen LogP contribution in [0.2, 0.25) is 0 Å². The fourth-order valence-corrected chi connectivity index (χ4v) is 2.59. The lowest BCUT2D eigenvalue weighted by atomic mass is 10.1. The van der Waals surface area contributed by atoms with Crippen molar-refractivity contribution in [2.75, 3.05) is 11.9 Å². The van der Waals surface area contributed by atoms with Crippen LogP contribution in [0, 0.1) is 0 Å². The molecule has 0 fully saturated rings. The molecule has 0 saturated carbocycles. The van der Waals surface area contributed by atoms with E-state index in [-0.39, 0.29) is 11.3 Å². The molecule has 0 bridgehead atoms. The van der Waals surface area contributed by atoms with Crippen molar-refractivity contribution in [3.05, 3.63) is 41.9 Å². The first-order chi connectivity index (χ1) is 12.3. The summed E-state index contributed by atoms with van der Waals surface area (Å²) in [6.07, 6.45) is -2.49. The van der Waals surface area contributed by atoms with Gasteiger partial charge < -0.3 is 15.4 Å². The summed E-state index contributed by atoms with van der Waals surface area (Å²) in [6, 6.07) is 6.26. The van der Waals surface area contributed by atoms with E-state index in [0.717, 1.165) is 0 Å². The van der Waals surface area contributed by atoms with E-state index in [1.165, 1.54) is 18.3 Å². The van der Waals surface area contributed by atoms with Crippen LogP contribution in [0.1, 0.15) is 23.1 Å². The lowest BCUT2D eigenvalue weighted by molar-refractivity contribution is -0.115. The summed E-state index contributed by atoms with van der Waals surface area (Å²) < 4.78 is 37.3. The molecule has 3 N–H and O–H groups in total. The van der Waals surface area contributed by atoms with E-state index in [2.05, 4.69) is 20.3 Å². The third-order valence-corrected chi connectivity index (χ3v) is 3.75. The molecule has 6 nitrogen and oxygen atoms in total. The molecular formula is C17H15F3N4O2. The molecule has 0 aliphatic heterocycles. The zero-order chi connectivity index (χ0) is 18.9. The highest BCUT2D eigenvalue weighted by molar-refractivity contribution is 6.07. The molecule has 9 heteroatoms. The Balaban J connectivity index is 2.12. The van der Waals surface area contributed by atoms with E-state index in [1.54, 1.807) is 12.1 Å². The second kappa shape index (κ2) is 6.66. The first-order valence-corrected chi connectivity index (χ1v) is 7.81.